The highest BCUT2D eigenvalue weighted by atomic mass is 16.7. The van der Waals surface area contributed by atoms with E-state index < -0.39 is 5.79 Å². The third-order valence-electron chi connectivity index (χ3n) is 4.89. The van der Waals surface area contributed by atoms with Crippen LogP contribution in [0.2, 0.25) is 0 Å². The van der Waals surface area contributed by atoms with Crippen molar-refractivity contribution in [2.24, 2.45) is 0 Å². The van der Waals surface area contributed by atoms with Crippen molar-refractivity contribution in [2.75, 3.05) is 24.7 Å². The Balaban J connectivity index is 1.77. The zero-order valence-electron chi connectivity index (χ0n) is 15.2. The van der Waals surface area contributed by atoms with Gasteiger partial charge in [-0.25, -0.2) is 0 Å². The highest BCUT2D eigenvalue weighted by Crippen LogP contribution is 2.47. The molecule has 0 bridgehead atoms. The quantitative estimate of drug-likeness (QED) is 0.844. The average molecular weight is 353 g/mol. The van der Waals surface area contributed by atoms with E-state index in [1.807, 2.05) is 56.3 Å². The van der Waals surface area contributed by atoms with Gasteiger partial charge in [0.05, 0.1) is 32.1 Å². The number of hydrogen-bond acceptors (Lipinski definition) is 4. The minimum absolute atomic E-state index is 0.159. The Morgan fingerprint density at radius 1 is 1.12 bits per heavy atom. The van der Waals surface area contributed by atoms with Crippen LogP contribution in [0.25, 0.3) is 0 Å². The number of hydrogen-bond donors (Lipinski definition) is 0. The fraction of sp³-hybridized carbons (Fsp3) is 0.381. The second-order valence-corrected chi connectivity index (χ2v) is 6.57. The standard InChI is InChI=1S/C21H23NO4/c1-3-24-18-11-5-4-9-16(18)14-22-19-15(2)8-6-10-17(19)21(20(22)23)25-12-7-13-26-21/h4-6,8-11H,3,7,12-14H2,1-2H3. The lowest BCUT2D eigenvalue weighted by Crippen LogP contribution is -2.47. The molecule has 136 valence electrons. The minimum Gasteiger partial charge on any atom is -0.494 e. The van der Waals surface area contributed by atoms with Crippen molar-refractivity contribution < 1.29 is 19.0 Å². The number of carbonyl (C=O) groups excluding carboxylic acids is 1. The smallest absolute Gasteiger partial charge is 0.292 e. The van der Waals surface area contributed by atoms with Crippen molar-refractivity contribution in [1.82, 2.24) is 0 Å². The van der Waals surface area contributed by atoms with Gasteiger partial charge in [-0.1, -0.05) is 36.4 Å². The van der Waals surface area contributed by atoms with Gasteiger partial charge < -0.3 is 19.1 Å². The van der Waals surface area contributed by atoms with Crippen molar-refractivity contribution >= 4 is 11.6 Å². The fourth-order valence-corrected chi connectivity index (χ4v) is 3.74. The molecule has 0 radical (unpaired) electrons. The van der Waals surface area contributed by atoms with Crippen molar-refractivity contribution in [2.45, 2.75) is 32.6 Å². The molecule has 2 aromatic carbocycles. The van der Waals surface area contributed by atoms with Gasteiger partial charge in [-0.05, 0) is 31.9 Å². The summed E-state index contributed by atoms with van der Waals surface area (Å²) < 4.78 is 17.6. The van der Waals surface area contributed by atoms with Crippen LogP contribution in [0.3, 0.4) is 0 Å². The minimum atomic E-state index is -1.31. The first-order valence-electron chi connectivity index (χ1n) is 9.08. The number of fused-ring (bicyclic) bond motifs is 2. The summed E-state index contributed by atoms with van der Waals surface area (Å²) in [6.07, 6.45) is 0.795. The van der Waals surface area contributed by atoms with E-state index in [0.717, 1.165) is 34.5 Å². The second-order valence-electron chi connectivity index (χ2n) is 6.57. The number of nitrogens with zero attached hydrogens (tertiary/aromatic N) is 1. The monoisotopic (exact) mass is 353 g/mol. The molecule has 0 aliphatic carbocycles. The molecule has 2 aliphatic rings. The van der Waals surface area contributed by atoms with E-state index in [1.54, 1.807) is 4.90 Å². The van der Waals surface area contributed by atoms with Gasteiger partial charge in [0.25, 0.3) is 11.7 Å². The first-order valence-corrected chi connectivity index (χ1v) is 9.08. The van der Waals surface area contributed by atoms with Gasteiger partial charge >= 0.3 is 0 Å². The fourth-order valence-electron chi connectivity index (χ4n) is 3.74. The molecule has 2 aliphatic heterocycles. The summed E-state index contributed by atoms with van der Waals surface area (Å²) in [6.45, 7) is 5.99. The van der Waals surface area contributed by atoms with Crippen LogP contribution in [0.1, 0.15) is 30.0 Å². The van der Waals surface area contributed by atoms with Gasteiger partial charge in [-0.3, -0.25) is 4.79 Å². The third kappa shape index (κ3) is 2.59. The van der Waals surface area contributed by atoms with E-state index in [1.165, 1.54) is 0 Å². The van der Waals surface area contributed by atoms with Crippen LogP contribution < -0.4 is 9.64 Å². The molecule has 26 heavy (non-hydrogen) atoms. The zero-order valence-corrected chi connectivity index (χ0v) is 15.2. The van der Waals surface area contributed by atoms with Crippen LogP contribution >= 0.6 is 0 Å². The van der Waals surface area contributed by atoms with Gasteiger partial charge in [-0.15, -0.1) is 0 Å². The summed E-state index contributed by atoms with van der Waals surface area (Å²) in [4.78, 5) is 15.2. The largest absolute Gasteiger partial charge is 0.494 e. The van der Waals surface area contributed by atoms with Crippen molar-refractivity contribution in [3.8, 4) is 5.75 Å². The molecule has 2 aromatic rings. The molecule has 1 spiro atoms. The maximum absolute atomic E-state index is 13.4. The number of benzene rings is 2. The maximum atomic E-state index is 13.4. The Kier molecular flexibility index (Phi) is 4.42. The van der Waals surface area contributed by atoms with Crippen molar-refractivity contribution in [3.05, 3.63) is 59.2 Å². The highest BCUT2D eigenvalue weighted by molar-refractivity contribution is 6.06. The van der Waals surface area contributed by atoms with E-state index in [4.69, 9.17) is 14.2 Å². The van der Waals surface area contributed by atoms with Crippen molar-refractivity contribution in [1.29, 1.82) is 0 Å². The first-order chi connectivity index (χ1) is 12.7. The molecule has 0 atom stereocenters. The molecule has 4 rings (SSSR count). The molecule has 0 saturated carbocycles. The van der Waals surface area contributed by atoms with Crippen LogP contribution in [-0.4, -0.2) is 25.7 Å². The van der Waals surface area contributed by atoms with Crippen LogP contribution in [0.4, 0.5) is 5.69 Å². The van der Waals surface area contributed by atoms with Gasteiger partial charge in [0.2, 0.25) is 0 Å². The number of anilines is 1. The summed E-state index contributed by atoms with van der Waals surface area (Å²) >= 11 is 0. The predicted molar refractivity (Wildman–Crippen MR) is 98.2 cm³/mol. The molecular formula is C21H23NO4. The second kappa shape index (κ2) is 6.74. The number of amides is 1. The lowest BCUT2D eigenvalue weighted by Gasteiger charge is -2.32. The Hall–Kier alpha value is -2.37. The molecule has 1 saturated heterocycles. The molecular weight excluding hydrogens is 330 g/mol. The molecule has 5 nitrogen and oxygen atoms in total. The van der Waals surface area contributed by atoms with Gasteiger partial charge in [-0.2, -0.15) is 0 Å². The van der Waals surface area contributed by atoms with E-state index in [0.29, 0.717) is 26.4 Å². The zero-order chi connectivity index (χ0) is 18.1. The predicted octanol–water partition coefficient (Wildman–Crippen LogP) is 3.53. The Morgan fingerprint density at radius 3 is 2.65 bits per heavy atom. The van der Waals surface area contributed by atoms with E-state index >= 15 is 0 Å². The van der Waals surface area contributed by atoms with E-state index in [2.05, 4.69) is 0 Å². The number of rotatable bonds is 4. The van der Waals surface area contributed by atoms with Crippen LogP contribution in [0.5, 0.6) is 5.75 Å². The summed E-state index contributed by atoms with van der Waals surface area (Å²) in [5, 5.41) is 0. The first kappa shape index (κ1) is 17.1. The summed E-state index contributed by atoms with van der Waals surface area (Å²) in [6, 6.07) is 13.7. The molecule has 0 N–H and O–H groups in total. The molecule has 2 heterocycles. The average Bonchev–Trinajstić information content (AvgIpc) is 2.88. The molecule has 0 unspecified atom stereocenters. The Labute approximate surface area is 153 Å². The summed E-state index contributed by atoms with van der Waals surface area (Å²) in [5.41, 5.74) is 3.67. The molecule has 1 amide bonds. The lowest BCUT2D eigenvalue weighted by atomic mass is 10.0. The lowest BCUT2D eigenvalue weighted by molar-refractivity contribution is -0.256. The van der Waals surface area contributed by atoms with Gasteiger partial charge in [0.15, 0.2) is 0 Å². The topological polar surface area (TPSA) is 48.0 Å². The summed E-state index contributed by atoms with van der Waals surface area (Å²) in [5.74, 6) is -0.669. The van der Waals surface area contributed by atoms with Crippen molar-refractivity contribution in [3.63, 3.8) is 0 Å². The van der Waals surface area contributed by atoms with Crippen LogP contribution in [0.15, 0.2) is 42.5 Å². The SMILES string of the molecule is CCOc1ccccc1CN1C(=O)C2(OCCCO2)c2cccc(C)c21. The number of para-hydroxylation sites is 2. The van der Waals surface area contributed by atoms with Crippen LogP contribution in [-0.2, 0) is 26.6 Å². The Morgan fingerprint density at radius 2 is 1.88 bits per heavy atom. The molecule has 5 heteroatoms. The van der Waals surface area contributed by atoms with Crippen LogP contribution in [0, 0.1) is 6.92 Å². The van der Waals surface area contributed by atoms with Gasteiger partial charge in [0.1, 0.15) is 5.75 Å². The number of carbonyl (C=O) groups is 1. The maximum Gasteiger partial charge on any atom is 0.292 e. The summed E-state index contributed by atoms with van der Waals surface area (Å²) in [7, 11) is 0. The number of aryl methyl sites for hydroxylation is 1. The number of ether oxygens (including phenoxy) is 3. The molecule has 1 fully saturated rings. The van der Waals surface area contributed by atoms with Gasteiger partial charge in [0, 0.05) is 11.1 Å². The molecule has 0 aromatic heterocycles. The highest BCUT2D eigenvalue weighted by Gasteiger charge is 2.55. The normalized spacial score (nSPS) is 18.2. The van der Waals surface area contributed by atoms with E-state index in [9.17, 15) is 4.79 Å². The Bertz CT molecular complexity index is 827. The third-order valence-corrected chi connectivity index (χ3v) is 4.89. The van der Waals surface area contributed by atoms with E-state index in [-0.39, 0.29) is 5.91 Å².